The van der Waals surface area contributed by atoms with E-state index in [1.807, 2.05) is 0 Å². The molecule has 1 aromatic rings. The largest absolute Gasteiger partial charge is 0.471 e. The molecule has 1 aromatic heterocycles. The summed E-state index contributed by atoms with van der Waals surface area (Å²) in [5.74, 6) is 5.41. The van der Waals surface area contributed by atoms with Gasteiger partial charge in [0.15, 0.2) is 0 Å². The van der Waals surface area contributed by atoms with E-state index < -0.39 is 0 Å². The topological polar surface area (TPSA) is 30.2 Å². The molecule has 50 valence electrons. The van der Waals surface area contributed by atoms with Gasteiger partial charge in [0, 0.05) is 0 Å². The highest BCUT2D eigenvalue weighted by atomic mass is 16.3. The van der Waals surface area contributed by atoms with Crippen molar-refractivity contribution < 1.29 is 9.21 Å². The van der Waals surface area contributed by atoms with Gasteiger partial charge in [-0.3, -0.25) is 0 Å². The maximum atomic E-state index is 9.81. The Hall–Kier alpha value is -1.49. The lowest BCUT2D eigenvalue weighted by Gasteiger charge is -1.71. The van der Waals surface area contributed by atoms with Crippen LogP contribution >= 0.6 is 0 Å². The first kappa shape index (κ1) is 6.63. The maximum absolute atomic E-state index is 9.81. The Morgan fingerprint density at radius 3 is 3.20 bits per heavy atom. The van der Waals surface area contributed by atoms with Crippen molar-refractivity contribution in [3.63, 3.8) is 0 Å². The van der Waals surface area contributed by atoms with Crippen molar-refractivity contribution in [3.8, 4) is 11.8 Å². The van der Waals surface area contributed by atoms with Crippen molar-refractivity contribution in [1.29, 1.82) is 0 Å². The SMILES string of the molecule is O=CCC#Cc1ccoc1. The number of rotatable bonds is 1. The molecule has 0 saturated carbocycles. The van der Waals surface area contributed by atoms with E-state index in [0.717, 1.165) is 11.8 Å². The Balaban J connectivity index is 2.57. The van der Waals surface area contributed by atoms with Crippen LogP contribution in [-0.4, -0.2) is 6.29 Å². The van der Waals surface area contributed by atoms with Crippen molar-refractivity contribution >= 4 is 6.29 Å². The average Bonchev–Trinajstić information content (AvgIpc) is 2.41. The van der Waals surface area contributed by atoms with E-state index in [1.165, 1.54) is 6.26 Å². The molecule has 0 radical (unpaired) electrons. The summed E-state index contributed by atoms with van der Waals surface area (Å²) in [5.41, 5.74) is 0.807. The molecule has 0 aliphatic rings. The summed E-state index contributed by atoms with van der Waals surface area (Å²) < 4.78 is 4.75. The summed E-state index contributed by atoms with van der Waals surface area (Å²) >= 11 is 0. The first-order valence-corrected chi connectivity index (χ1v) is 2.88. The molecule has 10 heavy (non-hydrogen) atoms. The van der Waals surface area contributed by atoms with E-state index in [-0.39, 0.29) is 6.42 Å². The highest BCUT2D eigenvalue weighted by Gasteiger charge is 1.83. The second-order valence-electron chi connectivity index (χ2n) is 1.68. The van der Waals surface area contributed by atoms with Gasteiger partial charge in [-0.2, -0.15) is 0 Å². The summed E-state index contributed by atoms with van der Waals surface area (Å²) in [6.07, 6.45) is 4.14. The lowest BCUT2D eigenvalue weighted by Crippen LogP contribution is -1.67. The van der Waals surface area contributed by atoms with Crippen LogP contribution in [0.4, 0.5) is 0 Å². The van der Waals surface area contributed by atoms with Gasteiger partial charge in [0.2, 0.25) is 0 Å². The van der Waals surface area contributed by atoms with Crippen LogP contribution in [0.3, 0.4) is 0 Å². The van der Waals surface area contributed by atoms with Crippen LogP contribution in [0, 0.1) is 11.8 Å². The smallest absolute Gasteiger partial charge is 0.131 e. The van der Waals surface area contributed by atoms with Gasteiger partial charge in [-0.25, -0.2) is 0 Å². The van der Waals surface area contributed by atoms with Crippen LogP contribution in [-0.2, 0) is 4.79 Å². The van der Waals surface area contributed by atoms with Crippen molar-refractivity contribution in [1.82, 2.24) is 0 Å². The number of hydrogen-bond acceptors (Lipinski definition) is 2. The van der Waals surface area contributed by atoms with Crippen LogP contribution in [0.5, 0.6) is 0 Å². The summed E-state index contributed by atoms with van der Waals surface area (Å²) in [6.45, 7) is 0. The molecule has 0 amide bonds. The third-order valence-electron chi connectivity index (χ3n) is 0.939. The molecule has 1 rings (SSSR count). The van der Waals surface area contributed by atoms with Crippen molar-refractivity contribution in [2.75, 3.05) is 0 Å². The van der Waals surface area contributed by atoms with Crippen LogP contribution in [0.1, 0.15) is 12.0 Å². The number of carbonyl (C=O) groups excluding carboxylic acids is 1. The predicted octanol–water partition coefficient (Wildman–Crippen LogP) is 1.22. The molecule has 0 unspecified atom stereocenters. The predicted molar refractivity (Wildman–Crippen MR) is 36.3 cm³/mol. The highest BCUT2D eigenvalue weighted by molar-refractivity contribution is 5.54. The Morgan fingerprint density at radius 1 is 1.70 bits per heavy atom. The van der Waals surface area contributed by atoms with Crippen LogP contribution in [0.15, 0.2) is 23.0 Å². The molecule has 2 nitrogen and oxygen atoms in total. The van der Waals surface area contributed by atoms with Gasteiger partial charge in [-0.05, 0) is 6.07 Å². The zero-order valence-corrected chi connectivity index (χ0v) is 5.33. The van der Waals surface area contributed by atoms with Crippen LogP contribution < -0.4 is 0 Å². The minimum atomic E-state index is 0.283. The third-order valence-corrected chi connectivity index (χ3v) is 0.939. The first-order valence-electron chi connectivity index (χ1n) is 2.88. The number of aldehydes is 1. The minimum absolute atomic E-state index is 0.283. The first-order chi connectivity index (χ1) is 4.93. The normalized spacial score (nSPS) is 8.00. The molecule has 1 heterocycles. The van der Waals surface area contributed by atoms with Crippen LogP contribution in [0.25, 0.3) is 0 Å². The summed E-state index contributed by atoms with van der Waals surface area (Å²) in [4.78, 5) is 9.81. The molecule has 0 fully saturated rings. The zero-order valence-electron chi connectivity index (χ0n) is 5.33. The minimum Gasteiger partial charge on any atom is -0.471 e. The third kappa shape index (κ3) is 1.79. The summed E-state index contributed by atoms with van der Waals surface area (Å²) in [7, 11) is 0. The standard InChI is InChI=1S/C8H6O2/c9-5-2-1-3-8-4-6-10-7-8/h4-7H,2H2. The molecule has 0 N–H and O–H groups in total. The van der Waals surface area contributed by atoms with E-state index >= 15 is 0 Å². The monoisotopic (exact) mass is 134 g/mol. The molecule has 0 atom stereocenters. The van der Waals surface area contributed by atoms with Gasteiger partial charge >= 0.3 is 0 Å². The quantitative estimate of drug-likeness (QED) is 0.427. The van der Waals surface area contributed by atoms with E-state index in [9.17, 15) is 4.79 Å². The molecule has 2 heteroatoms. The zero-order chi connectivity index (χ0) is 7.23. The fourth-order valence-electron chi connectivity index (χ4n) is 0.530. The Labute approximate surface area is 58.8 Å². The molecule has 0 bridgehead atoms. The van der Waals surface area contributed by atoms with Gasteiger partial charge in [0.05, 0.1) is 18.2 Å². The van der Waals surface area contributed by atoms with Gasteiger partial charge in [-0.1, -0.05) is 11.8 Å². The second-order valence-corrected chi connectivity index (χ2v) is 1.68. The molecule has 0 aliphatic carbocycles. The van der Waals surface area contributed by atoms with Crippen molar-refractivity contribution in [2.45, 2.75) is 6.42 Å². The van der Waals surface area contributed by atoms with E-state index in [1.54, 1.807) is 12.3 Å². The summed E-state index contributed by atoms with van der Waals surface area (Å²) in [6, 6.07) is 1.75. The molecule has 0 aliphatic heterocycles. The maximum Gasteiger partial charge on any atom is 0.131 e. The van der Waals surface area contributed by atoms with Crippen molar-refractivity contribution in [2.24, 2.45) is 0 Å². The van der Waals surface area contributed by atoms with Gasteiger partial charge in [0.1, 0.15) is 12.5 Å². The average molecular weight is 134 g/mol. The molecule has 0 saturated heterocycles. The Morgan fingerprint density at radius 2 is 2.60 bits per heavy atom. The Kier molecular flexibility index (Phi) is 2.33. The van der Waals surface area contributed by atoms with Gasteiger partial charge < -0.3 is 9.21 Å². The van der Waals surface area contributed by atoms with Gasteiger partial charge in [0.25, 0.3) is 0 Å². The number of hydrogen-bond donors (Lipinski definition) is 0. The van der Waals surface area contributed by atoms with E-state index in [2.05, 4.69) is 11.8 Å². The fourth-order valence-corrected chi connectivity index (χ4v) is 0.530. The van der Waals surface area contributed by atoms with Crippen LogP contribution in [0.2, 0.25) is 0 Å². The Bertz CT molecular complexity index is 249. The van der Waals surface area contributed by atoms with E-state index in [4.69, 9.17) is 4.42 Å². The second kappa shape index (κ2) is 3.52. The molecule has 0 aromatic carbocycles. The number of furan rings is 1. The number of carbonyl (C=O) groups is 1. The lowest BCUT2D eigenvalue weighted by molar-refractivity contribution is -0.107. The molecular weight excluding hydrogens is 128 g/mol. The summed E-state index contributed by atoms with van der Waals surface area (Å²) in [5, 5.41) is 0. The van der Waals surface area contributed by atoms with Gasteiger partial charge in [-0.15, -0.1) is 0 Å². The molecule has 0 spiro atoms. The molecular formula is C8H6O2. The van der Waals surface area contributed by atoms with Crippen molar-refractivity contribution in [3.05, 3.63) is 24.2 Å². The lowest BCUT2D eigenvalue weighted by atomic mass is 10.3. The fraction of sp³-hybridized carbons (Fsp3) is 0.125. The van der Waals surface area contributed by atoms with E-state index in [0.29, 0.717) is 0 Å². The highest BCUT2D eigenvalue weighted by Crippen LogP contribution is 1.95.